The van der Waals surface area contributed by atoms with Gasteiger partial charge in [0.25, 0.3) is 0 Å². The zero-order valence-corrected chi connectivity index (χ0v) is 13.8. The van der Waals surface area contributed by atoms with Gasteiger partial charge in [-0.05, 0) is 24.6 Å². The third-order valence-electron chi connectivity index (χ3n) is 3.53. The van der Waals surface area contributed by atoms with Crippen LogP contribution >= 0.6 is 11.6 Å². The lowest BCUT2D eigenvalue weighted by molar-refractivity contribution is -0.385. The Morgan fingerprint density at radius 1 is 1.42 bits per heavy atom. The number of hydrogen-bond acceptors (Lipinski definition) is 5. The average Bonchev–Trinajstić information content (AvgIpc) is 2.53. The Morgan fingerprint density at radius 3 is 2.71 bits per heavy atom. The molecule has 0 saturated carbocycles. The number of benzene rings is 2. The lowest BCUT2D eigenvalue weighted by Crippen LogP contribution is -2.31. The summed E-state index contributed by atoms with van der Waals surface area (Å²) in [6, 6.07) is 8.63. The van der Waals surface area contributed by atoms with Gasteiger partial charge < -0.3 is 15.2 Å². The molecule has 0 radical (unpaired) electrons. The van der Waals surface area contributed by atoms with E-state index in [1.54, 1.807) is 31.2 Å². The molecular formula is C16H16ClFN2O4. The van der Waals surface area contributed by atoms with Crippen LogP contribution in [-0.2, 0) is 5.60 Å². The number of hydrogen-bond donors (Lipinski definition) is 2. The minimum atomic E-state index is -1.33. The molecule has 2 aromatic rings. The van der Waals surface area contributed by atoms with Crippen LogP contribution in [0.3, 0.4) is 0 Å². The number of halogens is 2. The molecule has 6 nitrogen and oxygen atoms in total. The highest BCUT2D eigenvalue weighted by atomic mass is 35.5. The van der Waals surface area contributed by atoms with Crippen molar-refractivity contribution in [2.45, 2.75) is 12.5 Å². The lowest BCUT2D eigenvalue weighted by Gasteiger charge is -2.25. The van der Waals surface area contributed by atoms with E-state index in [0.717, 1.165) is 6.07 Å². The van der Waals surface area contributed by atoms with E-state index < -0.39 is 22.0 Å². The van der Waals surface area contributed by atoms with Crippen molar-refractivity contribution in [2.24, 2.45) is 0 Å². The molecule has 2 N–H and O–H groups in total. The summed E-state index contributed by atoms with van der Waals surface area (Å²) in [6.45, 7) is 1.51. The summed E-state index contributed by atoms with van der Waals surface area (Å²) in [5.41, 5.74) is -1.26. The van der Waals surface area contributed by atoms with Gasteiger partial charge in [-0.25, -0.2) is 4.39 Å². The number of nitrogens with one attached hydrogen (secondary N) is 1. The van der Waals surface area contributed by atoms with Crippen LogP contribution in [0.25, 0.3) is 0 Å². The fourth-order valence-corrected chi connectivity index (χ4v) is 2.37. The van der Waals surface area contributed by atoms with Crippen molar-refractivity contribution < 1.29 is 19.2 Å². The van der Waals surface area contributed by atoms with E-state index in [2.05, 4.69) is 5.32 Å². The minimum absolute atomic E-state index is 0.0141. The topological polar surface area (TPSA) is 84.6 Å². The van der Waals surface area contributed by atoms with Gasteiger partial charge in [0.1, 0.15) is 5.60 Å². The molecule has 2 rings (SSSR count). The quantitative estimate of drug-likeness (QED) is 0.610. The molecule has 0 bridgehead atoms. The van der Waals surface area contributed by atoms with Crippen LogP contribution in [0.1, 0.15) is 12.5 Å². The van der Waals surface area contributed by atoms with Crippen molar-refractivity contribution in [3.63, 3.8) is 0 Å². The fraction of sp³-hybridized carbons (Fsp3) is 0.250. The molecule has 0 aliphatic heterocycles. The normalized spacial score (nSPS) is 13.2. The molecule has 1 unspecified atom stereocenters. The Labute approximate surface area is 143 Å². The van der Waals surface area contributed by atoms with Gasteiger partial charge in [-0.3, -0.25) is 10.1 Å². The maximum atomic E-state index is 14.0. The van der Waals surface area contributed by atoms with E-state index in [9.17, 15) is 19.6 Å². The van der Waals surface area contributed by atoms with Crippen molar-refractivity contribution in [3.8, 4) is 5.75 Å². The zero-order valence-electron chi connectivity index (χ0n) is 13.0. The van der Waals surface area contributed by atoms with Gasteiger partial charge in [0.2, 0.25) is 0 Å². The van der Waals surface area contributed by atoms with E-state index in [0.29, 0.717) is 10.6 Å². The number of methoxy groups -OCH3 is 1. The van der Waals surface area contributed by atoms with Crippen LogP contribution in [-0.4, -0.2) is 23.7 Å². The molecule has 8 heteroatoms. The van der Waals surface area contributed by atoms with Crippen LogP contribution in [0.15, 0.2) is 36.4 Å². The second kappa shape index (κ2) is 7.02. The SMILES string of the molecule is COc1cc(NCC(C)(O)c2cccc(Cl)c2)c(F)cc1[N+](=O)[O-]. The Balaban J connectivity index is 2.24. The molecule has 0 saturated heterocycles. The van der Waals surface area contributed by atoms with Gasteiger partial charge in [0.15, 0.2) is 11.6 Å². The molecule has 0 amide bonds. The van der Waals surface area contributed by atoms with Crippen molar-refractivity contribution in [1.82, 2.24) is 0 Å². The molecule has 0 aromatic heterocycles. The number of ether oxygens (including phenoxy) is 1. The highest BCUT2D eigenvalue weighted by Crippen LogP contribution is 2.33. The monoisotopic (exact) mass is 354 g/mol. The van der Waals surface area contributed by atoms with Crippen molar-refractivity contribution in [2.75, 3.05) is 19.0 Å². The minimum Gasteiger partial charge on any atom is -0.490 e. The first-order valence-electron chi connectivity index (χ1n) is 6.99. The molecule has 24 heavy (non-hydrogen) atoms. The van der Waals surface area contributed by atoms with Crippen molar-refractivity contribution in [3.05, 3.63) is 62.9 Å². The number of nitrogens with zero attached hydrogens (tertiary/aromatic N) is 1. The smallest absolute Gasteiger partial charge is 0.313 e. The van der Waals surface area contributed by atoms with E-state index in [1.807, 2.05) is 0 Å². The average molecular weight is 355 g/mol. The summed E-state index contributed by atoms with van der Waals surface area (Å²) >= 11 is 5.91. The number of nitro benzene ring substituents is 1. The van der Waals surface area contributed by atoms with Gasteiger partial charge in [-0.1, -0.05) is 23.7 Å². The van der Waals surface area contributed by atoms with E-state index >= 15 is 0 Å². The predicted octanol–water partition coefficient (Wildman–Crippen LogP) is 3.72. The molecule has 0 fully saturated rings. The summed E-state index contributed by atoms with van der Waals surface area (Å²) < 4.78 is 18.9. The molecule has 2 aromatic carbocycles. The Hall–Kier alpha value is -2.38. The molecule has 0 aliphatic carbocycles. The van der Waals surface area contributed by atoms with E-state index in [4.69, 9.17) is 16.3 Å². The Morgan fingerprint density at radius 2 is 2.12 bits per heavy atom. The highest BCUT2D eigenvalue weighted by molar-refractivity contribution is 6.30. The van der Waals surface area contributed by atoms with Crippen LogP contribution in [0.4, 0.5) is 15.8 Å². The molecule has 0 aliphatic rings. The van der Waals surface area contributed by atoms with Gasteiger partial charge in [-0.2, -0.15) is 0 Å². The van der Waals surface area contributed by atoms with Gasteiger partial charge in [-0.15, -0.1) is 0 Å². The standard InChI is InChI=1S/C16H16ClFN2O4/c1-16(21,10-4-3-5-11(17)6-10)9-19-13-8-15(24-2)14(20(22)23)7-12(13)18/h3-8,19,21H,9H2,1-2H3. The second-order valence-electron chi connectivity index (χ2n) is 5.40. The Bertz CT molecular complexity index is 768. The van der Waals surface area contributed by atoms with Gasteiger partial charge in [0, 0.05) is 17.6 Å². The van der Waals surface area contributed by atoms with E-state index in [-0.39, 0.29) is 18.0 Å². The number of rotatable bonds is 6. The largest absolute Gasteiger partial charge is 0.490 e. The first-order valence-corrected chi connectivity index (χ1v) is 7.36. The zero-order chi connectivity index (χ0) is 17.9. The van der Waals surface area contributed by atoms with Gasteiger partial charge in [0.05, 0.1) is 23.8 Å². The summed E-state index contributed by atoms with van der Waals surface area (Å²) in [4.78, 5) is 10.1. The molecule has 0 spiro atoms. The van der Waals surface area contributed by atoms with Crippen molar-refractivity contribution >= 4 is 23.0 Å². The predicted molar refractivity (Wildman–Crippen MR) is 89.1 cm³/mol. The fourth-order valence-electron chi connectivity index (χ4n) is 2.18. The summed E-state index contributed by atoms with van der Waals surface area (Å²) in [7, 11) is 1.26. The van der Waals surface area contributed by atoms with Crippen LogP contribution in [0, 0.1) is 15.9 Å². The maximum absolute atomic E-state index is 14.0. The highest BCUT2D eigenvalue weighted by Gasteiger charge is 2.25. The second-order valence-corrected chi connectivity index (χ2v) is 5.84. The molecule has 128 valence electrons. The number of nitro groups is 1. The first-order chi connectivity index (χ1) is 11.2. The van der Waals surface area contributed by atoms with E-state index in [1.165, 1.54) is 13.2 Å². The molecular weight excluding hydrogens is 339 g/mol. The summed E-state index contributed by atoms with van der Waals surface area (Å²) in [5.74, 6) is -0.893. The van der Waals surface area contributed by atoms with Gasteiger partial charge >= 0.3 is 5.69 Å². The molecule has 1 atom stereocenters. The first kappa shape index (κ1) is 18.0. The van der Waals surface area contributed by atoms with Crippen LogP contribution in [0.5, 0.6) is 5.75 Å². The van der Waals surface area contributed by atoms with Crippen LogP contribution in [0.2, 0.25) is 5.02 Å². The number of aliphatic hydroxyl groups is 1. The Kier molecular flexibility index (Phi) is 5.26. The van der Waals surface area contributed by atoms with Crippen LogP contribution < -0.4 is 10.1 Å². The number of anilines is 1. The molecule has 0 heterocycles. The maximum Gasteiger partial charge on any atom is 0.313 e. The third kappa shape index (κ3) is 3.93. The summed E-state index contributed by atoms with van der Waals surface area (Å²) in [6.07, 6.45) is 0. The summed E-state index contributed by atoms with van der Waals surface area (Å²) in [5, 5.41) is 24.6. The lowest BCUT2D eigenvalue weighted by atomic mass is 9.96. The van der Waals surface area contributed by atoms with Crippen molar-refractivity contribution in [1.29, 1.82) is 0 Å². The third-order valence-corrected chi connectivity index (χ3v) is 3.77.